The number of pyridine rings is 1. The molecular formula is C8H10N2O3. The second-order valence-corrected chi connectivity index (χ2v) is 2.77. The molecule has 1 heterocycles. The van der Waals surface area contributed by atoms with E-state index in [0.717, 1.165) is 0 Å². The largest absolute Gasteiger partial charge is 0.337 e. The van der Waals surface area contributed by atoms with Crippen molar-refractivity contribution in [2.75, 3.05) is 0 Å². The van der Waals surface area contributed by atoms with E-state index in [9.17, 15) is 14.9 Å². The highest BCUT2D eigenvalue weighted by molar-refractivity contribution is 5.38. The van der Waals surface area contributed by atoms with E-state index < -0.39 is 10.5 Å². The van der Waals surface area contributed by atoms with Gasteiger partial charge in [0.05, 0.1) is 4.92 Å². The maximum atomic E-state index is 11.2. The number of aromatic amines is 1. The normalized spacial score (nSPS) is 10.0. The van der Waals surface area contributed by atoms with Crippen LogP contribution in [0.15, 0.2) is 10.9 Å². The lowest BCUT2D eigenvalue weighted by Gasteiger charge is -1.99. The molecular weight excluding hydrogens is 172 g/mol. The van der Waals surface area contributed by atoms with E-state index in [1.54, 1.807) is 19.9 Å². The monoisotopic (exact) mass is 182 g/mol. The maximum Gasteiger partial charge on any atom is 0.337 e. The summed E-state index contributed by atoms with van der Waals surface area (Å²) in [7, 11) is 0. The fourth-order valence-electron chi connectivity index (χ4n) is 1.22. The number of aryl methyl sites for hydroxylation is 2. The van der Waals surface area contributed by atoms with Crippen LogP contribution < -0.4 is 5.56 Å². The van der Waals surface area contributed by atoms with Crippen LogP contribution in [0.2, 0.25) is 0 Å². The van der Waals surface area contributed by atoms with Crippen LogP contribution in [0.1, 0.15) is 18.2 Å². The minimum atomic E-state index is -0.642. The van der Waals surface area contributed by atoms with E-state index in [1.165, 1.54) is 0 Å². The highest BCUT2D eigenvalue weighted by Crippen LogP contribution is 2.13. The summed E-state index contributed by atoms with van der Waals surface area (Å²) in [4.78, 5) is 23.4. The van der Waals surface area contributed by atoms with E-state index in [0.29, 0.717) is 17.7 Å². The van der Waals surface area contributed by atoms with Crippen LogP contribution in [0.25, 0.3) is 0 Å². The topological polar surface area (TPSA) is 76.0 Å². The summed E-state index contributed by atoms with van der Waals surface area (Å²) in [5, 5.41) is 10.5. The van der Waals surface area contributed by atoms with Crippen molar-refractivity contribution in [3.8, 4) is 0 Å². The molecule has 0 spiro atoms. The number of nitrogens with one attached hydrogen (secondary N) is 1. The molecule has 0 radical (unpaired) electrons. The Bertz CT molecular complexity index is 395. The first-order valence-electron chi connectivity index (χ1n) is 3.93. The van der Waals surface area contributed by atoms with Crippen LogP contribution in [-0.4, -0.2) is 9.91 Å². The molecule has 0 aliphatic carbocycles. The third-order valence-corrected chi connectivity index (χ3v) is 1.78. The summed E-state index contributed by atoms with van der Waals surface area (Å²) in [5.41, 5.74) is 0.161. The Morgan fingerprint density at radius 2 is 2.23 bits per heavy atom. The summed E-state index contributed by atoms with van der Waals surface area (Å²) < 4.78 is 0. The summed E-state index contributed by atoms with van der Waals surface area (Å²) in [5.74, 6) is 0. The summed E-state index contributed by atoms with van der Waals surface area (Å²) >= 11 is 0. The first-order valence-corrected chi connectivity index (χ1v) is 3.93. The quantitative estimate of drug-likeness (QED) is 0.550. The van der Waals surface area contributed by atoms with E-state index in [2.05, 4.69) is 4.98 Å². The maximum absolute atomic E-state index is 11.2. The molecule has 1 rings (SSSR count). The number of aromatic nitrogens is 1. The van der Waals surface area contributed by atoms with Crippen LogP contribution in [0, 0.1) is 17.0 Å². The standard InChI is InChI=1S/C8H10N2O3/c1-3-6-4-5(2)9-8(11)7(6)10(12)13/h4H,3H2,1-2H3,(H,9,11). The van der Waals surface area contributed by atoms with Crippen molar-refractivity contribution in [1.29, 1.82) is 0 Å². The average molecular weight is 182 g/mol. The zero-order valence-electron chi connectivity index (χ0n) is 7.46. The molecule has 0 aliphatic heterocycles. The average Bonchev–Trinajstić information content (AvgIpc) is 2.01. The Hall–Kier alpha value is -1.65. The van der Waals surface area contributed by atoms with Crippen molar-refractivity contribution in [3.63, 3.8) is 0 Å². The molecule has 5 heteroatoms. The van der Waals surface area contributed by atoms with Gasteiger partial charge in [-0.1, -0.05) is 6.92 Å². The third-order valence-electron chi connectivity index (χ3n) is 1.78. The molecule has 0 unspecified atom stereocenters. The van der Waals surface area contributed by atoms with Crippen LogP contribution in [-0.2, 0) is 6.42 Å². The molecule has 5 nitrogen and oxygen atoms in total. The molecule has 1 aromatic rings. The molecule has 13 heavy (non-hydrogen) atoms. The van der Waals surface area contributed by atoms with Gasteiger partial charge in [0.15, 0.2) is 0 Å². The number of H-pyrrole nitrogens is 1. The highest BCUT2D eigenvalue weighted by atomic mass is 16.6. The fraction of sp³-hybridized carbons (Fsp3) is 0.375. The molecule has 0 amide bonds. The molecule has 1 N–H and O–H groups in total. The van der Waals surface area contributed by atoms with Gasteiger partial charge < -0.3 is 4.98 Å². The molecule has 0 aliphatic rings. The predicted molar refractivity (Wildman–Crippen MR) is 47.8 cm³/mol. The molecule has 0 saturated carbocycles. The Balaban J connectivity index is 3.48. The van der Waals surface area contributed by atoms with Gasteiger partial charge in [-0.05, 0) is 19.4 Å². The Labute approximate surface area is 74.6 Å². The Morgan fingerprint density at radius 3 is 2.69 bits per heavy atom. The number of hydrogen-bond donors (Lipinski definition) is 1. The van der Waals surface area contributed by atoms with Gasteiger partial charge in [-0.2, -0.15) is 0 Å². The minimum absolute atomic E-state index is 0.340. The van der Waals surface area contributed by atoms with Crippen molar-refractivity contribution >= 4 is 5.69 Å². The van der Waals surface area contributed by atoms with E-state index in [1.807, 2.05) is 0 Å². The lowest BCUT2D eigenvalue weighted by molar-refractivity contribution is -0.387. The van der Waals surface area contributed by atoms with E-state index in [-0.39, 0.29) is 5.69 Å². The highest BCUT2D eigenvalue weighted by Gasteiger charge is 2.17. The van der Waals surface area contributed by atoms with Crippen molar-refractivity contribution < 1.29 is 4.92 Å². The van der Waals surface area contributed by atoms with Crippen LogP contribution in [0.4, 0.5) is 5.69 Å². The second kappa shape index (κ2) is 3.38. The lowest BCUT2D eigenvalue weighted by atomic mass is 10.1. The second-order valence-electron chi connectivity index (χ2n) is 2.77. The predicted octanol–water partition coefficient (Wildman–Crippen LogP) is 1.15. The van der Waals surface area contributed by atoms with Crippen molar-refractivity contribution in [2.45, 2.75) is 20.3 Å². The molecule has 0 aromatic carbocycles. The summed E-state index contributed by atoms with van der Waals surface area (Å²) in [6.07, 6.45) is 0.487. The van der Waals surface area contributed by atoms with Gasteiger partial charge in [-0.15, -0.1) is 0 Å². The number of rotatable bonds is 2. The van der Waals surface area contributed by atoms with Gasteiger partial charge in [-0.25, -0.2) is 0 Å². The lowest BCUT2D eigenvalue weighted by Crippen LogP contribution is -2.15. The van der Waals surface area contributed by atoms with Gasteiger partial charge in [0.1, 0.15) is 0 Å². The zero-order chi connectivity index (χ0) is 10.0. The van der Waals surface area contributed by atoms with Crippen LogP contribution in [0.5, 0.6) is 0 Å². The first-order chi connectivity index (χ1) is 6.06. The van der Waals surface area contributed by atoms with E-state index >= 15 is 0 Å². The van der Waals surface area contributed by atoms with Crippen molar-refractivity contribution in [1.82, 2.24) is 4.98 Å². The van der Waals surface area contributed by atoms with Gasteiger partial charge in [0.25, 0.3) is 0 Å². The van der Waals surface area contributed by atoms with Gasteiger partial charge in [-0.3, -0.25) is 14.9 Å². The van der Waals surface area contributed by atoms with Crippen LogP contribution >= 0.6 is 0 Å². The Kier molecular flexibility index (Phi) is 2.46. The molecule has 0 fully saturated rings. The molecule has 70 valence electrons. The van der Waals surface area contributed by atoms with Crippen molar-refractivity contribution in [3.05, 3.63) is 37.8 Å². The SMILES string of the molecule is CCc1cc(C)[nH]c(=O)c1[N+](=O)[O-]. The molecule has 1 aromatic heterocycles. The smallest absolute Gasteiger partial charge is 0.321 e. The third kappa shape index (κ3) is 1.74. The van der Waals surface area contributed by atoms with Gasteiger partial charge in [0.2, 0.25) is 0 Å². The van der Waals surface area contributed by atoms with E-state index in [4.69, 9.17) is 0 Å². The minimum Gasteiger partial charge on any atom is -0.321 e. The van der Waals surface area contributed by atoms with Crippen LogP contribution in [0.3, 0.4) is 0 Å². The molecule has 0 bridgehead atoms. The first kappa shape index (κ1) is 9.44. The number of nitrogens with zero attached hydrogens (tertiary/aromatic N) is 1. The summed E-state index contributed by atoms with van der Waals surface area (Å²) in [6, 6.07) is 1.62. The number of hydrogen-bond acceptors (Lipinski definition) is 3. The Morgan fingerprint density at radius 1 is 1.62 bits per heavy atom. The fourth-order valence-corrected chi connectivity index (χ4v) is 1.22. The van der Waals surface area contributed by atoms with Gasteiger partial charge >= 0.3 is 11.2 Å². The molecule has 0 saturated heterocycles. The molecule has 0 atom stereocenters. The summed E-state index contributed by atoms with van der Waals surface area (Å²) in [6.45, 7) is 3.48. The zero-order valence-corrected chi connectivity index (χ0v) is 7.46. The van der Waals surface area contributed by atoms with Gasteiger partial charge in [0, 0.05) is 11.3 Å². The van der Waals surface area contributed by atoms with Crippen molar-refractivity contribution in [2.24, 2.45) is 0 Å². The number of nitro groups is 1.